The van der Waals surface area contributed by atoms with Crippen molar-refractivity contribution in [1.29, 1.82) is 0 Å². The summed E-state index contributed by atoms with van der Waals surface area (Å²) in [5.74, 6) is -0.675. The maximum Gasteiger partial charge on any atom is 0.308 e. The minimum Gasteiger partial charge on any atom is -0.481 e. The van der Waals surface area contributed by atoms with Crippen LogP contribution in [0.2, 0.25) is 0 Å². The summed E-state index contributed by atoms with van der Waals surface area (Å²) in [4.78, 5) is 13.9. The molecule has 0 aromatic heterocycles. The van der Waals surface area contributed by atoms with E-state index in [4.69, 9.17) is 0 Å². The van der Waals surface area contributed by atoms with Crippen LogP contribution in [-0.2, 0) is 4.79 Å². The normalized spacial score (nSPS) is 28.6. The van der Waals surface area contributed by atoms with Gasteiger partial charge in [-0.1, -0.05) is 32.6 Å². The van der Waals surface area contributed by atoms with Crippen LogP contribution in [0.4, 0.5) is 0 Å². The number of hydrogen-bond acceptors (Lipinski definition) is 2. The minimum atomic E-state index is -0.564. The molecule has 2 rings (SSSR count). The number of unbranched alkanes of at least 4 members (excludes halogenated alkanes) is 1. The molecule has 1 saturated heterocycles. The van der Waals surface area contributed by atoms with Gasteiger partial charge in [0.05, 0.1) is 5.92 Å². The molecule has 2 fully saturated rings. The number of nitrogens with zero attached hydrogens (tertiary/aromatic N) is 1. The van der Waals surface area contributed by atoms with Crippen LogP contribution < -0.4 is 0 Å². The first-order valence-corrected chi connectivity index (χ1v) is 7.13. The Morgan fingerprint density at radius 1 is 1.35 bits per heavy atom. The molecule has 98 valence electrons. The van der Waals surface area contributed by atoms with Gasteiger partial charge in [-0.2, -0.15) is 0 Å². The summed E-state index contributed by atoms with van der Waals surface area (Å²) >= 11 is 0. The number of aliphatic carboxylic acids is 1. The van der Waals surface area contributed by atoms with E-state index in [-0.39, 0.29) is 11.3 Å². The Labute approximate surface area is 104 Å². The Hall–Kier alpha value is -0.570. The van der Waals surface area contributed by atoms with Gasteiger partial charge in [-0.05, 0) is 31.2 Å². The van der Waals surface area contributed by atoms with Crippen molar-refractivity contribution in [2.45, 2.75) is 51.9 Å². The first-order chi connectivity index (χ1) is 8.18. The predicted molar refractivity (Wildman–Crippen MR) is 68.0 cm³/mol. The van der Waals surface area contributed by atoms with Crippen molar-refractivity contribution >= 4 is 5.97 Å². The van der Waals surface area contributed by atoms with E-state index in [1.54, 1.807) is 0 Å². The van der Waals surface area contributed by atoms with E-state index in [0.29, 0.717) is 0 Å². The third-order valence-corrected chi connectivity index (χ3v) is 4.69. The zero-order valence-electron chi connectivity index (χ0n) is 11.0. The molecule has 0 amide bonds. The Bertz CT molecular complexity index is 271. The Balaban J connectivity index is 2.04. The molecule has 1 spiro atoms. The van der Waals surface area contributed by atoms with Gasteiger partial charge < -0.3 is 10.0 Å². The van der Waals surface area contributed by atoms with Crippen LogP contribution in [0.5, 0.6) is 0 Å². The van der Waals surface area contributed by atoms with E-state index in [0.717, 1.165) is 32.5 Å². The molecule has 1 saturated carbocycles. The van der Waals surface area contributed by atoms with E-state index in [1.165, 1.54) is 32.1 Å². The summed E-state index contributed by atoms with van der Waals surface area (Å²) in [7, 11) is 0. The standard InChI is InChI=1S/C14H25NO2/c1-2-3-9-15-10-12(13(16)17)14(11-15)7-5-4-6-8-14/h12H,2-11H2,1H3,(H,16,17)/t12-/m0/s1. The lowest BCUT2D eigenvalue weighted by molar-refractivity contribution is -0.145. The van der Waals surface area contributed by atoms with Crippen LogP contribution in [0, 0.1) is 11.3 Å². The first kappa shape index (κ1) is 12.9. The fraction of sp³-hybridized carbons (Fsp3) is 0.929. The molecule has 17 heavy (non-hydrogen) atoms. The van der Waals surface area contributed by atoms with Crippen molar-refractivity contribution in [2.75, 3.05) is 19.6 Å². The summed E-state index contributed by atoms with van der Waals surface area (Å²) in [5.41, 5.74) is 0.109. The summed E-state index contributed by atoms with van der Waals surface area (Å²) < 4.78 is 0. The molecule has 0 unspecified atom stereocenters. The molecule has 0 aromatic carbocycles. The summed E-state index contributed by atoms with van der Waals surface area (Å²) in [6, 6.07) is 0. The fourth-order valence-corrected chi connectivity index (χ4v) is 3.73. The minimum absolute atomic E-state index is 0.109. The van der Waals surface area contributed by atoms with Gasteiger partial charge in [0.2, 0.25) is 0 Å². The lowest BCUT2D eigenvalue weighted by Crippen LogP contribution is -2.36. The molecule has 0 radical (unpaired) electrons. The number of hydrogen-bond donors (Lipinski definition) is 1. The molecule has 1 N–H and O–H groups in total. The van der Waals surface area contributed by atoms with Gasteiger partial charge in [0.25, 0.3) is 0 Å². The molecule has 1 aliphatic heterocycles. The molecule has 1 aliphatic carbocycles. The van der Waals surface area contributed by atoms with E-state index in [9.17, 15) is 9.90 Å². The maximum atomic E-state index is 11.5. The molecule has 2 aliphatic rings. The van der Waals surface area contributed by atoms with Gasteiger partial charge >= 0.3 is 5.97 Å². The number of likely N-dealkylation sites (tertiary alicyclic amines) is 1. The van der Waals surface area contributed by atoms with Crippen molar-refractivity contribution in [3.05, 3.63) is 0 Å². The molecule has 1 heterocycles. The van der Waals surface area contributed by atoms with Crippen molar-refractivity contribution in [3.8, 4) is 0 Å². The third kappa shape index (κ3) is 2.65. The average Bonchev–Trinajstić information content (AvgIpc) is 2.66. The SMILES string of the molecule is CCCCN1C[C@@H](C(=O)O)C2(CCCCC2)C1. The van der Waals surface area contributed by atoms with Crippen LogP contribution in [0.3, 0.4) is 0 Å². The van der Waals surface area contributed by atoms with Gasteiger partial charge in [-0.15, -0.1) is 0 Å². The van der Waals surface area contributed by atoms with Crippen LogP contribution >= 0.6 is 0 Å². The number of rotatable bonds is 4. The number of carboxylic acid groups (broad SMARTS) is 1. The van der Waals surface area contributed by atoms with Crippen LogP contribution in [0.1, 0.15) is 51.9 Å². The lowest BCUT2D eigenvalue weighted by Gasteiger charge is -2.36. The largest absolute Gasteiger partial charge is 0.481 e. The monoisotopic (exact) mass is 239 g/mol. The van der Waals surface area contributed by atoms with Gasteiger partial charge in [-0.3, -0.25) is 4.79 Å². The second-order valence-electron chi connectivity index (χ2n) is 5.90. The highest BCUT2D eigenvalue weighted by molar-refractivity contribution is 5.72. The zero-order valence-corrected chi connectivity index (χ0v) is 11.0. The predicted octanol–water partition coefficient (Wildman–Crippen LogP) is 2.75. The van der Waals surface area contributed by atoms with Gasteiger partial charge in [0.1, 0.15) is 0 Å². The van der Waals surface area contributed by atoms with Crippen LogP contribution in [0.25, 0.3) is 0 Å². The summed E-state index contributed by atoms with van der Waals surface area (Å²) in [5, 5.41) is 9.45. The quantitative estimate of drug-likeness (QED) is 0.820. The van der Waals surface area contributed by atoms with Crippen molar-refractivity contribution in [3.63, 3.8) is 0 Å². The Kier molecular flexibility index (Phi) is 4.08. The Morgan fingerprint density at radius 2 is 2.06 bits per heavy atom. The first-order valence-electron chi connectivity index (χ1n) is 7.13. The van der Waals surface area contributed by atoms with E-state index >= 15 is 0 Å². The van der Waals surface area contributed by atoms with Crippen LogP contribution in [-0.4, -0.2) is 35.6 Å². The van der Waals surface area contributed by atoms with Gasteiger partial charge in [0.15, 0.2) is 0 Å². The molecule has 3 nitrogen and oxygen atoms in total. The molecule has 0 bridgehead atoms. The van der Waals surface area contributed by atoms with E-state index < -0.39 is 5.97 Å². The lowest BCUT2D eigenvalue weighted by atomic mass is 9.68. The highest BCUT2D eigenvalue weighted by atomic mass is 16.4. The van der Waals surface area contributed by atoms with Crippen molar-refractivity contribution in [1.82, 2.24) is 4.90 Å². The third-order valence-electron chi connectivity index (χ3n) is 4.69. The topological polar surface area (TPSA) is 40.5 Å². The zero-order chi connectivity index (χ0) is 12.3. The molecule has 0 aromatic rings. The highest BCUT2D eigenvalue weighted by Gasteiger charge is 2.49. The summed E-state index contributed by atoms with van der Waals surface area (Å²) in [6.45, 7) is 5.10. The Morgan fingerprint density at radius 3 is 2.65 bits per heavy atom. The van der Waals surface area contributed by atoms with Crippen molar-refractivity contribution < 1.29 is 9.90 Å². The van der Waals surface area contributed by atoms with E-state index in [2.05, 4.69) is 11.8 Å². The number of carboxylic acids is 1. The number of carbonyl (C=O) groups is 1. The van der Waals surface area contributed by atoms with E-state index in [1.807, 2.05) is 0 Å². The van der Waals surface area contributed by atoms with Gasteiger partial charge in [0, 0.05) is 13.1 Å². The second kappa shape index (κ2) is 5.38. The van der Waals surface area contributed by atoms with Gasteiger partial charge in [-0.25, -0.2) is 0 Å². The fourth-order valence-electron chi connectivity index (χ4n) is 3.73. The average molecular weight is 239 g/mol. The molecule has 1 atom stereocenters. The smallest absolute Gasteiger partial charge is 0.308 e. The molecular weight excluding hydrogens is 214 g/mol. The van der Waals surface area contributed by atoms with Crippen molar-refractivity contribution in [2.24, 2.45) is 11.3 Å². The maximum absolute atomic E-state index is 11.5. The van der Waals surface area contributed by atoms with Crippen LogP contribution in [0.15, 0.2) is 0 Å². The highest BCUT2D eigenvalue weighted by Crippen LogP contribution is 2.47. The molecule has 3 heteroatoms. The summed E-state index contributed by atoms with van der Waals surface area (Å²) in [6.07, 6.45) is 8.41. The molecular formula is C14H25NO2. The second-order valence-corrected chi connectivity index (χ2v) is 5.90.